The molecule has 8 heteroatoms. The van der Waals surface area contributed by atoms with Crippen LogP contribution in [0.4, 0.5) is 11.6 Å². The van der Waals surface area contributed by atoms with E-state index in [2.05, 4.69) is 20.4 Å². The van der Waals surface area contributed by atoms with Crippen LogP contribution in [-0.2, 0) is 0 Å². The molecule has 1 aliphatic rings. The van der Waals surface area contributed by atoms with E-state index in [0.717, 1.165) is 28.0 Å². The first-order chi connectivity index (χ1) is 12.2. The molecule has 0 spiro atoms. The molecule has 25 heavy (non-hydrogen) atoms. The van der Waals surface area contributed by atoms with Gasteiger partial charge >= 0.3 is 0 Å². The number of halogens is 1. The fraction of sp³-hybridized carbons (Fsp3) is 0.176. The molecule has 126 valence electrons. The Kier molecular flexibility index (Phi) is 3.05. The number of fused-ring (bicyclic) bond motifs is 4. The van der Waals surface area contributed by atoms with E-state index in [1.807, 2.05) is 41.8 Å². The summed E-state index contributed by atoms with van der Waals surface area (Å²) in [5.41, 5.74) is 3.64. The van der Waals surface area contributed by atoms with Crippen LogP contribution in [0.25, 0.3) is 16.8 Å². The largest absolute Gasteiger partial charge is 0.486 e. The van der Waals surface area contributed by atoms with Gasteiger partial charge in [-0.05, 0) is 24.6 Å². The Balaban J connectivity index is 1.58. The molecule has 0 unspecified atom stereocenters. The third-order valence-electron chi connectivity index (χ3n) is 4.18. The number of nitrogens with zero attached hydrogens (tertiary/aromatic N) is 3. The van der Waals surface area contributed by atoms with Crippen LogP contribution in [0.2, 0.25) is 5.02 Å². The van der Waals surface area contributed by atoms with Crippen molar-refractivity contribution < 1.29 is 9.47 Å². The van der Waals surface area contributed by atoms with Crippen LogP contribution in [0.5, 0.6) is 11.5 Å². The van der Waals surface area contributed by atoms with Crippen LogP contribution < -0.4 is 14.8 Å². The highest BCUT2D eigenvalue weighted by Gasteiger charge is 2.17. The van der Waals surface area contributed by atoms with E-state index < -0.39 is 0 Å². The maximum atomic E-state index is 6.07. The van der Waals surface area contributed by atoms with Crippen molar-refractivity contribution in [1.29, 1.82) is 0 Å². The quantitative estimate of drug-likeness (QED) is 0.573. The number of aromatic nitrogens is 4. The van der Waals surface area contributed by atoms with Crippen molar-refractivity contribution in [2.45, 2.75) is 6.92 Å². The highest BCUT2D eigenvalue weighted by molar-refractivity contribution is 6.30. The normalized spacial score (nSPS) is 13.5. The third kappa shape index (κ3) is 2.35. The van der Waals surface area contributed by atoms with Gasteiger partial charge in [0.05, 0.1) is 11.0 Å². The molecule has 7 nitrogen and oxygen atoms in total. The van der Waals surface area contributed by atoms with Crippen molar-refractivity contribution in [2.24, 2.45) is 0 Å². The molecule has 0 fully saturated rings. The second-order valence-corrected chi connectivity index (χ2v) is 6.32. The molecule has 0 bridgehead atoms. The highest BCUT2D eigenvalue weighted by atomic mass is 35.5. The standard InChI is InChI=1S/C17H14ClN5O2/c1-9-2-3-10(18)6-11(9)19-16-21-17-20-12-7-14-15(25-5-4-24-14)8-13(12)23(17)22-16/h2-3,6-8H,4-5H2,1H3,(H2,19,20,21,22). The van der Waals surface area contributed by atoms with E-state index in [0.29, 0.717) is 35.7 Å². The number of H-pyrrole nitrogens is 1. The Morgan fingerprint density at radius 3 is 2.76 bits per heavy atom. The molecule has 3 heterocycles. The van der Waals surface area contributed by atoms with Crippen molar-refractivity contribution >= 4 is 40.0 Å². The first-order valence-electron chi connectivity index (χ1n) is 7.88. The first kappa shape index (κ1) is 14.4. The van der Waals surface area contributed by atoms with Gasteiger partial charge in [-0.3, -0.25) is 5.10 Å². The number of benzene rings is 2. The minimum Gasteiger partial charge on any atom is -0.486 e. The van der Waals surface area contributed by atoms with Crippen molar-refractivity contribution in [3.63, 3.8) is 0 Å². The van der Waals surface area contributed by atoms with Crippen molar-refractivity contribution in [3.8, 4) is 11.5 Å². The number of nitrogens with one attached hydrogen (secondary N) is 2. The predicted molar refractivity (Wildman–Crippen MR) is 95.3 cm³/mol. The molecule has 0 amide bonds. The Bertz CT molecular complexity index is 1120. The number of aryl methyl sites for hydroxylation is 1. The van der Waals surface area contributed by atoms with Gasteiger partial charge in [0, 0.05) is 22.8 Å². The number of imidazole rings is 1. The minimum absolute atomic E-state index is 0.546. The topological polar surface area (TPSA) is 76.5 Å². The summed E-state index contributed by atoms with van der Waals surface area (Å²) in [6.45, 7) is 3.10. The van der Waals surface area contributed by atoms with Gasteiger partial charge in [0.1, 0.15) is 13.2 Å². The Morgan fingerprint density at radius 1 is 1.12 bits per heavy atom. The lowest BCUT2D eigenvalue weighted by molar-refractivity contribution is 0.172. The van der Waals surface area contributed by atoms with E-state index in [1.165, 1.54) is 0 Å². The van der Waals surface area contributed by atoms with E-state index in [9.17, 15) is 0 Å². The Morgan fingerprint density at radius 2 is 1.92 bits per heavy atom. The number of ether oxygens (including phenoxy) is 2. The average molecular weight is 356 g/mol. The Labute approximate surface area is 147 Å². The smallest absolute Gasteiger partial charge is 0.253 e. The van der Waals surface area contributed by atoms with Crippen LogP contribution in [0.1, 0.15) is 5.56 Å². The molecule has 2 aromatic heterocycles. The summed E-state index contributed by atoms with van der Waals surface area (Å²) in [7, 11) is 0. The molecule has 1 aliphatic heterocycles. The van der Waals surface area contributed by atoms with Crippen LogP contribution in [0.15, 0.2) is 30.3 Å². The molecule has 0 aliphatic carbocycles. The first-order valence-corrected chi connectivity index (χ1v) is 8.26. The zero-order valence-electron chi connectivity index (χ0n) is 13.3. The van der Waals surface area contributed by atoms with Crippen molar-refractivity contribution in [3.05, 3.63) is 40.9 Å². The SMILES string of the molecule is Cc1ccc(Cl)cc1Nc1nc2nc3cc4c(cc3n2[nH]1)OCCO4. The molecule has 2 N–H and O–H groups in total. The summed E-state index contributed by atoms with van der Waals surface area (Å²) in [5.74, 6) is 2.59. The molecule has 5 rings (SSSR count). The summed E-state index contributed by atoms with van der Waals surface area (Å²) in [6, 6.07) is 9.46. The third-order valence-corrected chi connectivity index (χ3v) is 4.42. The maximum Gasteiger partial charge on any atom is 0.253 e. The second kappa shape index (κ2) is 5.29. The van der Waals surface area contributed by atoms with E-state index in [4.69, 9.17) is 21.1 Å². The number of anilines is 2. The van der Waals surface area contributed by atoms with Crippen molar-refractivity contribution in [2.75, 3.05) is 18.5 Å². The van der Waals surface area contributed by atoms with Crippen LogP contribution in [0, 0.1) is 6.92 Å². The van der Waals surface area contributed by atoms with Gasteiger partial charge < -0.3 is 14.8 Å². The monoisotopic (exact) mass is 355 g/mol. The lowest BCUT2D eigenvalue weighted by Gasteiger charge is -2.17. The number of aromatic amines is 1. The molecule has 0 saturated carbocycles. The van der Waals surface area contributed by atoms with E-state index in [-0.39, 0.29) is 0 Å². The zero-order chi connectivity index (χ0) is 17.0. The maximum absolute atomic E-state index is 6.07. The molecular weight excluding hydrogens is 342 g/mol. The summed E-state index contributed by atoms with van der Waals surface area (Å²) < 4.78 is 13.1. The number of hydrogen-bond acceptors (Lipinski definition) is 5. The van der Waals surface area contributed by atoms with Gasteiger partial charge in [0.2, 0.25) is 5.95 Å². The van der Waals surface area contributed by atoms with Gasteiger partial charge in [-0.2, -0.15) is 4.98 Å². The average Bonchev–Trinajstić information content (AvgIpc) is 3.13. The fourth-order valence-electron chi connectivity index (χ4n) is 2.93. The minimum atomic E-state index is 0.546. The second-order valence-electron chi connectivity index (χ2n) is 5.89. The summed E-state index contributed by atoms with van der Waals surface area (Å²) in [5, 5.41) is 7.13. The summed E-state index contributed by atoms with van der Waals surface area (Å²) in [6.07, 6.45) is 0. The number of rotatable bonds is 2. The van der Waals surface area contributed by atoms with Gasteiger partial charge in [0.25, 0.3) is 5.78 Å². The molecule has 0 saturated heterocycles. The summed E-state index contributed by atoms with van der Waals surface area (Å²) >= 11 is 6.07. The molecule has 2 aromatic carbocycles. The van der Waals surface area contributed by atoms with Crippen LogP contribution >= 0.6 is 11.6 Å². The predicted octanol–water partition coefficient (Wildman–Crippen LogP) is 3.69. The lowest BCUT2D eigenvalue weighted by atomic mass is 10.2. The van der Waals surface area contributed by atoms with Crippen LogP contribution in [0.3, 0.4) is 0 Å². The molecule has 0 radical (unpaired) electrons. The fourth-order valence-corrected chi connectivity index (χ4v) is 3.10. The number of hydrogen-bond donors (Lipinski definition) is 2. The molecule has 4 aromatic rings. The van der Waals surface area contributed by atoms with Gasteiger partial charge in [-0.1, -0.05) is 17.7 Å². The van der Waals surface area contributed by atoms with Gasteiger partial charge in [-0.15, -0.1) is 0 Å². The highest BCUT2D eigenvalue weighted by Crippen LogP contribution is 2.34. The summed E-state index contributed by atoms with van der Waals surface area (Å²) in [4.78, 5) is 9.05. The Hall–Kier alpha value is -2.93. The van der Waals surface area contributed by atoms with Crippen molar-refractivity contribution in [1.82, 2.24) is 19.6 Å². The van der Waals surface area contributed by atoms with E-state index >= 15 is 0 Å². The zero-order valence-corrected chi connectivity index (χ0v) is 14.1. The van der Waals surface area contributed by atoms with E-state index in [1.54, 1.807) is 0 Å². The lowest BCUT2D eigenvalue weighted by Crippen LogP contribution is -2.15. The molecular formula is C17H14ClN5O2. The van der Waals surface area contributed by atoms with Gasteiger partial charge in [0.15, 0.2) is 11.5 Å². The van der Waals surface area contributed by atoms with Gasteiger partial charge in [-0.25, -0.2) is 9.50 Å². The van der Waals surface area contributed by atoms with Crippen LogP contribution in [-0.4, -0.2) is 32.8 Å². The molecule has 0 atom stereocenters.